The summed E-state index contributed by atoms with van der Waals surface area (Å²) in [6.07, 6.45) is 3.37. The molecule has 262 valence electrons. The Morgan fingerprint density at radius 1 is 0.904 bits per heavy atom. The highest BCUT2D eigenvalue weighted by Crippen LogP contribution is 2.37. The average Bonchev–Trinajstić information content (AvgIpc) is 3.69. The first-order valence-corrected chi connectivity index (χ1v) is 19.3. The van der Waals surface area contributed by atoms with Crippen LogP contribution in [0.25, 0.3) is 34.3 Å². The molecule has 8 heteroatoms. The van der Waals surface area contributed by atoms with E-state index in [4.69, 9.17) is 9.73 Å². The van der Waals surface area contributed by atoms with Crippen molar-refractivity contribution in [2.24, 2.45) is 4.99 Å². The van der Waals surface area contributed by atoms with Gasteiger partial charge in [0.05, 0.1) is 39.8 Å². The van der Waals surface area contributed by atoms with Crippen molar-refractivity contribution in [2.45, 2.75) is 52.5 Å². The molecule has 1 aliphatic heterocycles. The lowest BCUT2D eigenvalue weighted by atomic mass is 9.92. The first kappa shape index (κ1) is 35.4. The number of ether oxygens (including phenoxy) is 1. The van der Waals surface area contributed by atoms with Crippen LogP contribution in [0.3, 0.4) is 0 Å². The second kappa shape index (κ2) is 15.3. The van der Waals surface area contributed by atoms with Gasteiger partial charge in [0, 0.05) is 15.7 Å². The molecule has 0 aliphatic carbocycles. The molecule has 0 saturated heterocycles. The molecule has 1 aliphatic rings. The number of nitrogens with zero attached hydrogens (tertiary/aromatic N) is 3. The van der Waals surface area contributed by atoms with Crippen LogP contribution in [0.2, 0.25) is 0 Å². The minimum absolute atomic E-state index is 0.198. The van der Waals surface area contributed by atoms with Crippen molar-refractivity contribution in [3.05, 3.63) is 167 Å². The van der Waals surface area contributed by atoms with Crippen molar-refractivity contribution in [3.63, 3.8) is 0 Å². The van der Waals surface area contributed by atoms with Crippen LogP contribution in [0, 0.1) is 0 Å². The van der Waals surface area contributed by atoms with Crippen molar-refractivity contribution < 1.29 is 9.53 Å². The highest BCUT2D eigenvalue weighted by Gasteiger charge is 2.34. The summed E-state index contributed by atoms with van der Waals surface area (Å²) in [6.45, 7) is 8.40. The Labute approximate surface area is 316 Å². The zero-order valence-electron chi connectivity index (χ0n) is 29.7. The van der Waals surface area contributed by atoms with E-state index in [1.54, 1.807) is 11.5 Å². The van der Waals surface area contributed by atoms with E-state index in [9.17, 15) is 9.59 Å². The molecule has 6 nitrogen and oxygen atoms in total. The summed E-state index contributed by atoms with van der Waals surface area (Å²) in [5.41, 5.74) is 8.86. The molecule has 0 radical (unpaired) electrons. The van der Waals surface area contributed by atoms with Gasteiger partial charge in [-0.1, -0.05) is 139 Å². The second-order valence-corrected chi connectivity index (χ2v) is 15.0. The van der Waals surface area contributed by atoms with Gasteiger partial charge in [-0.3, -0.25) is 9.36 Å². The van der Waals surface area contributed by atoms with E-state index >= 15 is 0 Å². The third kappa shape index (κ3) is 6.81. The summed E-state index contributed by atoms with van der Waals surface area (Å²) in [4.78, 5) is 34.1. The summed E-state index contributed by atoms with van der Waals surface area (Å²) in [5, 5.41) is 0. The van der Waals surface area contributed by atoms with E-state index in [1.807, 2.05) is 66.7 Å². The molecule has 0 spiro atoms. The summed E-state index contributed by atoms with van der Waals surface area (Å²) in [5.74, 6) is -0.0941. The fourth-order valence-corrected chi connectivity index (χ4v) is 8.13. The number of esters is 1. The maximum absolute atomic E-state index is 14.8. The summed E-state index contributed by atoms with van der Waals surface area (Å²) < 4.78 is 11.1. The fraction of sp³-hybridized carbons (Fsp3) is 0.205. The van der Waals surface area contributed by atoms with E-state index < -0.39 is 12.0 Å². The van der Waals surface area contributed by atoms with E-state index in [2.05, 4.69) is 95.9 Å². The maximum Gasteiger partial charge on any atom is 0.338 e. The Morgan fingerprint density at radius 3 is 2.17 bits per heavy atom. The number of rotatable bonds is 10. The van der Waals surface area contributed by atoms with Gasteiger partial charge in [0.1, 0.15) is 0 Å². The SMILES string of the molecule is CCCC1=C(C(=O)OCC)[C@H](c2ccc(C(C)C)cc2)n2c(s/c(=C\c3cc(-c4ccccc4)n(-c4ccc(Br)cc4)c3-c3ccccc3)c2=O)=N1. The number of hydrogen-bond acceptors (Lipinski definition) is 5. The van der Waals surface area contributed by atoms with Gasteiger partial charge in [-0.2, -0.15) is 0 Å². The lowest BCUT2D eigenvalue weighted by Gasteiger charge is -2.26. The molecule has 6 aromatic rings. The van der Waals surface area contributed by atoms with Gasteiger partial charge in [-0.15, -0.1) is 0 Å². The quantitative estimate of drug-likeness (QED) is 0.130. The van der Waals surface area contributed by atoms with Crippen LogP contribution in [0.4, 0.5) is 0 Å². The molecule has 2 aromatic heterocycles. The minimum atomic E-state index is -0.666. The van der Waals surface area contributed by atoms with E-state index in [1.165, 1.54) is 16.9 Å². The molecule has 0 fully saturated rings. The highest BCUT2D eigenvalue weighted by molar-refractivity contribution is 9.10. The molecule has 52 heavy (non-hydrogen) atoms. The molecule has 0 saturated carbocycles. The lowest BCUT2D eigenvalue weighted by molar-refractivity contribution is -0.139. The van der Waals surface area contributed by atoms with Gasteiger partial charge in [0.2, 0.25) is 0 Å². The first-order valence-electron chi connectivity index (χ1n) is 17.7. The number of hydrogen-bond donors (Lipinski definition) is 0. The third-order valence-corrected chi connectivity index (χ3v) is 10.8. The van der Waals surface area contributed by atoms with Crippen LogP contribution in [-0.4, -0.2) is 21.7 Å². The Hall–Kier alpha value is -5.05. The smallest absolute Gasteiger partial charge is 0.338 e. The third-order valence-electron chi connectivity index (χ3n) is 9.33. The van der Waals surface area contributed by atoms with Crippen molar-refractivity contribution in [3.8, 4) is 28.2 Å². The number of carbonyl (C=O) groups is 1. The predicted octanol–water partition coefficient (Wildman–Crippen LogP) is 9.59. The first-order chi connectivity index (χ1) is 25.3. The summed E-state index contributed by atoms with van der Waals surface area (Å²) in [7, 11) is 0. The highest BCUT2D eigenvalue weighted by atomic mass is 79.9. The molecule has 0 N–H and O–H groups in total. The van der Waals surface area contributed by atoms with Crippen LogP contribution in [-0.2, 0) is 9.53 Å². The number of thiazole rings is 1. The van der Waals surface area contributed by atoms with Gasteiger partial charge in [-0.05, 0) is 77.9 Å². The number of halogens is 1. The van der Waals surface area contributed by atoms with Gasteiger partial charge >= 0.3 is 5.97 Å². The van der Waals surface area contributed by atoms with E-state index in [0.29, 0.717) is 32.9 Å². The van der Waals surface area contributed by atoms with Gasteiger partial charge in [-0.25, -0.2) is 9.79 Å². The van der Waals surface area contributed by atoms with Crippen LogP contribution >= 0.6 is 27.3 Å². The fourth-order valence-electron chi connectivity index (χ4n) is 6.85. The number of benzene rings is 4. The van der Waals surface area contributed by atoms with Crippen molar-refractivity contribution in [2.75, 3.05) is 6.61 Å². The number of fused-ring (bicyclic) bond motifs is 1. The molecule has 4 aromatic carbocycles. The van der Waals surface area contributed by atoms with E-state index in [0.717, 1.165) is 50.2 Å². The predicted molar refractivity (Wildman–Crippen MR) is 215 cm³/mol. The van der Waals surface area contributed by atoms with Crippen molar-refractivity contribution >= 4 is 39.3 Å². The van der Waals surface area contributed by atoms with Crippen molar-refractivity contribution in [1.29, 1.82) is 0 Å². The molecule has 0 amide bonds. The van der Waals surface area contributed by atoms with Gasteiger partial charge in [0.15, 0.2) is 4.80 Å². The van der Waals surface area contributed by atoms with Gasteiger partial charge < -0.3 is 9.30 Å². The largest absolute Gasteiger partial charge is 0.463 e. The van der Waals surface area contributed by atoms with Crippen LogP contribution in [0.15, 0.2) is 141 Å². The molecule has 0 bridgehead atoms. The number of allylic oxidation sites excluding steroid dienone is 1. The average molecular weight is 771 g/mol. The number of carbonyl (C=O) groups excluding carboxylic acids is 1. The Morgan fingerprint density at radius 2 is 1.56 bits per heavy atom. The summed E-state index contributed by atoms with van der Waals surface area (Å²) >= 11 is 4.96. The molecular weight excluding hydrogens is 730 g/mol. The minimum Gasteiger partial charge on any atom is -0.463 e. The Balaban J connectivity index is 1.51. The Bertz CT molecular complexity index is 2440. The second-order valence-electron chi connectivity index (χ2n) is 13.1. The van der Waals surface area contributed by atoms with Crippen LogP contribution < -0.4 is 14.9 Å². The maximum atomic E-state index is 14.8. The summed E-state index contributed by atoms with van der Waals surface area (Å²) in [6, 6.07) is 38.6. The standard InChI is InChI=1S/C44H40BrN3O3S/c1-5-13-36-39(43(50)51-6-2)41(32-20-18-29(19-21-32)28(3)4)48-42(49)38(52-44(48)46-36)27-33-26-37(30-14-9-7-10-15-30)47(35-24-22-34(45)23-25-35)40(33)31-16-11-8-12-17-31/h7-12,14-28,41H,5-6,13H2,1-4H3/b38-27-/t41-/m0/s1. The number of aromatic nitrogens is 2. The van der Waals surface area contributed by atoms with Gasteiger partial charge in [0.25, 0.3) is 5.56 Å². The van der Waals surface area contributed by atoms with Crippen LogP contribution in [0.5, 0.6) is 0 Å². The monoisotopic (exact) mass is 769 g/mol. The topological polar surface area (TPSA) is 65.6 Å². The van der Waals surface area contributed by atoms with Crippen LogP contribution in [0.1, 0.15) is 69.2 Å². The molecule has 7 rings (SSSR count). The van der Waals surface area contributed by atoms with E-state index in [-0.39, 0.29) is 12.2 Å². The zero-order chi connectivity index (χ0) is 36.4. The zero-order valence-corrected chi connectivity index (χ0v) is 32.1. The van der Waals surface area contributed by atoms with Crippen molar-refractivity contribution in [1.82, 2.24) is 9.13 Å². The Kier molecular flexibility index (Phi) is 10.4. The molecule has 3 heterocycles. The molecular formula is C44H40BrN3O3S. The molecule has 1 atom stereocenters. The molecule has 0 unspecified atom stereocenters. The normalized spacial score (nSPS) is 14.4. The lowest BCUT2D eigenvalue weighted by Crippen LogP contribution is -2.40.